The average Bonchev–Trinajstić information content (AvgIpc) is 2.04. The van der Waals surface area contributed by atoms with Gasteiger partial charge in [-0.3, -0.25) is 4.98 Å². The van der Waals surface area contributed by atoms with Gasteiger partial charge < -0.3 is 4.74 Å². The number of rotatable bonds is 2. The highest BCUT2D eigenvalue weighted by atomic mass is 127. The third-order valence-electron chi connectivity index (χ3n) is 1.46. The molecule has 0 aromatic carbocycles. The van der Waals surface area contributed by atoms with Gasteiger partial charge in [-0.1, -0.05) is 6.92 Å². The minimum absolute atomic E-state index is 0.850. The summed E-state index contributed by atoms with van der Waals surface area (Å²) in [4.78, 5) is 4.20. The Bertz CT molecular complexity index is 250. The molecule has 1 heterocycles. The van der Waals surface area contributed by atoms with Crippen molar-refractivity contribution >= 4 is 22.6 Å². The molecule has 1 aromatic rings. The topological polar surface area (TPSA) is 22.1 Å². The standard InChI is InChI=1S/C8H10INO/c1-3-6-4-7(9)8(11-2)5-10-6/h4-5H,3H2,1-2H3. The number of pyridine rings is 1. The Morgan fingerprint density at radius 3 is 2.82 bits per heavy atom. The summed E-state index contributed by atoms with van der Waals surface area (Å²) in [5.74, 6) is 0.850. The summed E-state index contributed by atoms with van der Waals surface area (Å²) in [5.41, 5.74) is 1.11. The Hall–Kier alpha value is -0.320. The molecule has 0 aliphatic carbocycles. The summed E-state index contributed by atoms with van der Waals surface area (Å²) < 4.78 is 6.20. The molecule has 0 atom stereocenters. The van der Waals surface area contributed by atoms with E-state index < -0.39 is 0 Å². The van der Waals surface area contributed by atoms with Crippen LogP contribution in [0.4, 0.5) is 0 Å². The monoisotopic (exact) mass is 263 g/mol. The molecule has 1 aromatic heterocycles. The van der Waals surface area contributed by atoms with Gasteiger partial charge in [-0.2, -0.15) is 0 Å². The first kappa shape index (κ1) is 8.77. The molecule has 0 fully saturated rings. The number of aromatic nitrogens is 1. The molecule has 2 nitrogen and oxygen atoms in total. The zero-order valence-corrected chi connectivity index (χ0v) is 8.75. The van der Waals surface area contributed by atoms with Gasteiger partial charge in [0.25, 0.3) is 0 Å². The molecule has 0 saturated heterocycles. The molecule has 1 rings (SSSR count). The summed E-state index contributed by atoms with van der Waals surface area (Å²) >= 11 is 2.24. The van der Waals surface area contributed by atoms with Crippen molar-refractivity contribution in [2.45, 2.75) is 13.3 Å². The van der Waals surface area contributed by atoms with Crippen LogP contribution >= 0.6 is 22.6 Å². The molecular weight excluding hydrogens is 253 g/mol. The highest BCUT2D eigenvalue weighted by molar-refractivity contribution is 14.1. The Labute approximate surface area is 80.1 Å². The molecule has 0 unspecified atom stereocenters. The molecule has 0 saturated carbocycles. The molecule has 0 amide bonds. The number of hydrogen-bond acceptors (Lipinski definition) is 2. The first-order valence-corrected chi connectivity index (χ1v) is 4.54. The molecule has 0 aliphatic heterocycles. The fraction of sp³-hybridized carbons (Fsp3) is 0.375. The summed E-state index contributed by atoms with van der Waals surface area (Å²) in [5, 5.41) is 0. The average molecular weight is 263 g/mol. The highest BCUT2D eigenvalue weighted by Gasteiger charge is 1.99. The first-order chi connectivity index (χ1) is 5.27. The lowest BCUT2D eigenvalue weighted by Gasteiger charge is -2.02. The smallest absolute Gasteiger partial charge is 0.150 e. The van der Waals surface area contributed by atoms with E-state index in [4.69, 9.17) is 4.74 Å². The van der Waals surface area contributed by atoms with E-state index in [1.165, 1.54) is 0 Å². The van der Waals surface area contributed by atoms with Crippen LogP contribution in [0.5, 0.6) is 5.75 Å². The number of halogens is 1. The van der Waals surface area contributed by atoms with Gasteiger partial charge in [-0.25, -0.2) is 0 Å². The van der Waals surface area contributed by atoms with Gasteiger partial charge in [0.1, 0.15) is 5.75 Å². The van der Waals surface area contributed by atoms with Crippen LogP contribution < -0.4 is 4.74 Å². The zero-order chi connectivity index (χ0) is 8.27. The van der Waals surface area contributed by atoms with Crippen LogP contribution in [-0.2, 0) is 6.42 Å². The quantitative estimate of drug-likeness (QED) is 0.763. The van der Waals surface area contributed by atoms with Gasteiger partial charge in [0.05, 0.1) is 16.9 Å². The van der Waals surface area contributed by atoms with E-state index in [1.807, 2.05) is 6.07 Å². The lowest BCUT2D eigenvalue weighted by Crippen LogP contribution is -1.92. The third kappa shape index (κ3) is 2.05. The predicted molar refractivity (Wildman–Crippen MR) is 52.9 cm³/mol. The van der Waals surface area contributed by atoms with Gasteiger partial charge in [-0.05, 0) is 35.1 Å². The van der Waals surface area contributed by atoms with Gasteiger partial charge >= 0.3 is 0 Å². The van der Waals surface area contributed by atoms with Crippen molar-refractivity contribution in [3.8, 4) is 5.75 Å². The van der Waals surface area contributed by atoms with Crippen molar-refractivity contribution in [1.82, 2.24) is 4.98 Å². The summed E-state index contributed by atoms with van der Waals surface area (Å²) in [7, 11) is 1.66. The van der Waals surface area contributed by atoms with E-state index in [9.17, 15) is 0 Å². The predicted octanol–water partition coefficient (Wildman–Crippen LogP) is 2.26. The lowest BCUT2D eigenvalue weighted by atomic mass is 10.3. The van der Waals surface area contributed by atoms with Crippen molar-refractivity contribution < 1.29 is 4.74 Å². The number of nitrogens with zero attached hydrogens (tertiary/aromatic N) is 1. The molecule has 60 valence electrons. The minimum Gasteiger partial charge on any atom is -0.494 e. The maximum absolute atomic E-state index is 5.07. The van der Waals surface area contributed by atoms with E-state index in [0.29, 0.717) is 0 Å². The summed E-state index contributed by atoms with van der Waals surface area (Å²) in [6.07, 6.45) is 2.74. The van der Waals surface area contributed by atoms with Crippen LogP contribution in [0.15, 0.2) is 12.3 Å². The third-order valence-corrected chi connectivity index (χ3v) is 2.30. The number of ether oxygens (including phenoxy) is 1. The maximum atomic E-state index is 5.07. The molecule has 3 heteroatoms. The second-order valence-corrected chi connectivity index (χ2v) is 3.33. The lowest BCUT2D eigenvalue weighted by molar-refractivity contribution is 0.409. The SMILES string of the molecule is CCc1cc(I)c(OC)cn1. The van der Waals surface area contributed by atoms with Crippen LogP contribution in [0.1, 0.15) is 12.6 Å². The second kappa shape index (κ2) is 3.90. The highest BCUT2D eigenvalue weighted by Crippen LogP contribution is 2.19. The Morgan fingerprint density at radius 2 is 2.36 bits per heavy atom. The van der Waals surface area contributed by atoms with Crippen LogP contribution in [0.3, 0.4) is 0 Å². The van der Waals surface area contributed by atoms with Crippen LogP contribution in [0, 0.1) is 3.57 Å². The van der Waals surface area contributed by atoms with Crippen molar-refractivity contribution in [1.29, 1.82) is 0 Å². The number of hydrogen-bond donors (Lipinski definition) is 0. The van der Waals surface area contributed by atoms with Crippen LogP contribution in [-0.4, -0.2) is 12.1 Å². The maximum Gasteiger partial charge on any atom is 0.150 e. The normalized spacial score (nSPS) is 9.73. The van der Waals surface area contributed by atoms with Gasteiger partial charge in [-0.15, -0.1) is 0 Å². The first-order valence-electron chi connectivity index (χ1n) is 3.46. The Kier molecular flexibility index (Phi) is 3.11. The number of methoxy groups -OCH3 is 1. The van der Waals surface area contributed by atoms with E-state index >= 15 is 0 Å². The molecule has 0 spiro atoms. The summed E-state index contributed by atoms with van der Waals surface area (Å²) in [6.45, 7) is 2.09. The van der Waals surface area contributed by atoms with Crippen molar-refractivity contribution in [2.75, 3.05) is 7.11 Å². The molecule has 11 heavy (non-hydrogen) atoms. The molecule has 0 radical (unpaired) electrons. The Balaban J connectivity index is 2.99. The number of aryl methyl sites for hydroxylation is 1. The fourth-order valence-electron chi connectivity index (χ4n) is 0.801. The van der Waals surface area contributed by atoms with Crippen LogP contribution in [0.25, 0.3) is 0 Å². The second-order valence-electron chi connectivity index (χ2n) is 2.16. The largest absolute Gasteiger partial charge is 0.494 e. The zero-order valence-electron chi connectivity index (χ0n) is 6.60. The van der Waals surface area contributed by atoms with E-state index in [2.05, 4.69) is 34.5 Å². The van der Waals surface area contributed by atoms with Crippen molar-refractivity contribution in [3.05, 3.63) is 21.5 Å². The molecule has 0 bridgehead atoms. The van der Waals surface area contributed by atoms with Crippen LogP contribution in [0.2, 0.25) is 0 Å². The van der Waals surface area contributed by atoms with E-state index in [0.717, 1.165) is 21.4 Å². The van der Waals surface area contributed by atoms with Gasteiger partial charge in [0, 0.05) is 5.69 Å². The van der Waals surface area contributed by atoms with E-state index in [1.54, 1.807) is 13.3 Å². The molecule has 0 N–H and O–H groups in total. The van der Waals surface area contributed by atoms with E-state index in [-0.39, 0.29) is 0 Å². The minimum atomic E-state index is 0.850. The van der Waals surface area contributed by atoms with Gasteiger partial charge in [0.15, 0.2) is 0 Å². The van der Waals surface area contributed by atoms with Crippen molar-refractivity contribution in [3.63, 3.8) is 0 Å². The molecular formula is C8H10INO. The van der Waals surface area contributed by atoms with Crippen molar-refractivity contribution in [2.24, 2.45) is 0 Å². The Morgan fingerprint density at radius 1 is 1.64 bits per heavy atom. The molecule has 0 aliphatic rings. The van der Waals surface area contributed by atoms with Gasteiger partial charge in [0.2, 0.25) is 0 Å². The fourth-order valence-corrected chi connectivity index (χ4v) is 1.52. The summed E-state index contributed by atoms with van der Waals surface area (Å²) in [6, 6.07) is 2.04.